The van der Waals surface area contributed by atoms with Crippen molar-refractivity contribution in [2.45, 2.75) is 25.3 Å². The van der Waals surface area contributed by atoms with E-state index in [2.05, 4.69) is 15.3 Å². The first kappa shape index (κ1) is 13.5. The number of aromatic nitrogens is 2. The number of hydrogen-bond donors (Lipinski definition) is 2. The van der Waals surface area contributed by atoms with E-state index >= 15 is 0 Å². The van der Waals surface area contributed by atoms with Crippen molar-refractivity contribution in [3.05, 3.63) is 42.4 Å². The molecule has 4 rings (SSSR count). The van der Waals surface area contributed by atoms with Crippen molar-refractivity contribution in [2.75, 3.05) is 13.2 Å². The molecular weight excluding hydrogens is 278 g/mol. The van der Waals surface area contributed by atoms with Crippen LogP contribution in [0.1, 0.15) is 29.6 Å². The summed E-state index contributed by atoms with van der Waals surface area (Å²) in [6, 6.07) is 7.89. The summed E-state index contributed by atoms with van der Waals surface area (Å²) in [5.41, 5.74) is 3.03. The molecule has 2 aliphatic rings. The molecule has 2 fully saturated rings. The normalized spacial score (nSPS) is 26.8. The summed E-state index contributed by atoms with van der Waals surface area (Å²) in [7, 11) is 0. The zero-order valence-corrected chi connectivity index (χ0v) is 12.3. The fourth-order valence-corrected chi connectivity index (χ4v) is 3.54. The van der Waals surface area contributed by atoms with Crippen LogP contribution in [-0.2, 0) is 4.74 Å². The maximum atomic E-state index is 12.3. The van der Waals surface area contributed by atoms with Crippen LogP contribution in [0.2, 0.25) is 0 Å². The van der Waals surface area contributed by atoms with Crippen molar-refractivity contribution in [3.63, 3.8) is 0 Å². The Balaban J connectivity index is 1.37. The van der Waals surface area contributed by atoms with Crippen molar-refractivity contribution in [1.82, 2.24) is 15.3 Å². The van der Waals surface area contributed by atoms with Gasteiger partial charge in [-0.1, -0.05) is 12.1 Å². The van der Waals surface area contributed by atoms with Gasteiger partial charge in [0, 0.05) is 18.2 Å². The first-order valence-electron chi connectivity index (χ1n) is 7.72. The van der Waals surface area contributed by atoms with Gasteiger partial charge in [-0.05, 0) is 42.4 Å². The molecule has 1 aliphatic carbocycles. The highest BCUT2D eigenvalue weighted by molar-refractivity contribution is 5.94. The molecule has 0 bridgehead atoms. The molecule has 0 atom stereocenters. The fourth-order valence-electron chi connectivity index (χ4n) is 3.54. The van der Waals surface area contributed by atoms with Crippen LogP contribution in [0.4, 0.5) is 0 Å². The zero-order valence-electron chi connectivity index (χ0n) is 12.3. The Morgan fingerprint density at radius 3 is 2.77 bits per heavy atom. The van der Waals surface area contributed by atoms with Crippen LogP contribution < -0.4 is 5.32 Å². The van der Waals surface area contributed by atoms with Crippen molar-refractivity contribution in [3.8, 4) is 11.3 Å². The van der Waals surface area contributed by atoms with E-state index in [1.807, 2.05) is 24.3 Å². The minimum atomic E-state index is 0.00919. The van der Waals surface area contributed by atoms with Crippen molar-refractivity contribution in [2.24, 2.45) is 5.41 Å². The third-order valence-electron chi connectivity index (χ3n) is 4.84. The first-order chi connectivity index (χ1) is 10.7. The van der Waals surface area contributed by atoms with E-state index in [0.717, 1.165) is 43.7 Å². The smallest absolute Gasteiger partial charge is 0.251 e. The van der Waals surface area contributed by atoms with Gasteiger partial charge in [-0.15, -0.1) is 0 Å². The summed E-state index contributed by atoms with van der Waals surface area (Å²) in [6.07, 6.45) is 6.65. The Morgan fingerprint density at radius 1 is 1.32 bits per heavy atom. The number of carbonyl (C=O) groups excluding carboxylic acids is 1. The van der Waals surface area contributed by atoms with Gasteiger partial charge in [0.05, 0.1) is 24.8 Å². The number of rotatable bonds is 3. The lowest BCUT2D eigenvalue weighted by Crippen LogP contribution is -2.51. The van der Waals surface area contributed by atoms with Crippen LogP contribution in [0.25, 0.3) is 11.3 Å². The van der Waals surface area contributed by atoms with E-state index in [4.69, 9.17) is 4.74 Å². The van der Waals surface area contributed by atoms with Crippen molar-refractivity contribution < 1.29 is 9.53 Å². The molecule has 1 aromatic heterocycles. The number of nitrogens with one attached hydrogen (secondary N) is 2. The zero-order chi connectivity index (χ0) is 15.0. The maximum Gasteiger partial charge on any atom is 0.251 e. The minimum absolute atomic E-state index is 0.00919. The molecule has 0 unspecified atom stereocenters. The monoisotopic (exact) mass is 297 g/mol. The summed E-state index contributed by atoms with van der Waals surface area (Å²) >= 11 is 0. The molecule has 1 amide bonds. The maximum absolute atomic E-state index is 12.3. The Morgan fingerprint density at radius 2 is 2.14 bits per heavy atom. The number of H-pyrrole nitrogens is 1. The largest absolute Gasteiger partial charge is 0.381 e. The van der Waals surface area contributed by atoms with Gasteiger partial charge in [0.15, 0.2) is 0 Å². The highest BCUT2D eigenvalue weighted by atomic mass is 16.5. The van der Waals surface area contributed by atoms with Crippen LogP contribution in [-0.4, -0.2) is 35.1 Å². The van der Waals surface area contributed by atoms with Crippen molar-refractivity contribution in [1.29, 1.82) is 0 Å². The first-order valence-corrected chi connectivity index (χ1v) is 7.72. The van der Waals surface area contributed by atoms with Gasteiger partial charge in [0.2, 0.25) is 0 Å². The molecule has 114 valence electrons. The third-order valence-corrected chi connectivity index (χ3v) is 4.84. The lowest BCUT2D eigenvalue weighted by atomic mass is 9.65. The molecule has 1 saturated heterocycles. The Hall–Kier alpha value is -2.14. The number of hydrogen-bond acceptors (Lipinski definition) is 3. The van der Waals surface area contributed by atoms with E-state index in [9.17, 15) is 4.79 Å². The van der Waals surface area contributed by atoms with Gasteiger partial charge in [0.25, 0.3) is 5.91 Å². The van der Waals surface area contributed by atoms with Gasteiger partial charge in [0.1, 0.15) is 0 Å². The molecule has 1 aromatic carbocycles. The van der Waals surface area contributed by atoms with E-state index < -0.39 is 0 Å². The molecule has 5 heteroatoms. The van der Waals surface area contributed by atoms with Crippen molar-refractivity contribution >= 4 is 5.91 Å². The van der Waals surface area contributed by atoms with Gasteiger partial charge in [-0.3, -0.25) is 4.79 Å². The molecule has 5 nitrogen and oxygen atoms in total. The highest BCUT2D eigenvalue weighted by Crippen LogP contribution is 2.47. The SMILES string of the molecule is O=C(NC1CC2(CCOC2)C1)c1ccc(-c2cnc[nH]2)cc1. The quantitative estimate of drug-likeness (QED) is 0.914. The van der Waals surface area contributed by atoms with Gasteiger partial charge in [-0.2, -0.15) is 0 Å². The summed E-state index contributed by atoms with van der Waals surface area (Å²) < 4.78 is 5.47. The van der Waals surface area contributed by atoms with Crippen LogP contribution in [0.3, 0.4) is 0 Å². The van der Waals surface area contributed by atoms with Crippen LogP contribution >= 0.6 is 0 Å². The highest BCUT2D eigenvalue weighted by Gasteiger charge is 2.47. The Kier molecular flexibility index (Phi) is 3.22. The second kappa shape index (κ2) is 5.25. The van der Waals surface area contributed by atoms with Crippen LogP contribution in [0.15, 0.2) is 36.8 Å². The standard InChI is InChI=1S/C17H19N3O2/c21-16(20-14-7-17(8-14)5-6-22-10-17)13-3-1-12(2-4-13)15-9-18-11-19-15/h1-4,9,11,14H,5-8,10H2,(H,18,19)(H,20,21). The molecule has 1 aliphatic heterocycles. The predicted molar refractivity (Wildman–Crippen MR) is 82.4 cm³/mol. The molecule has 0 radical (unpaired) electrons. The summed E-state index contributed by atoms with van der Waals surface area (Å²) in [5.74, 6) is 0.00919. The van der Waals surface area contributed by atoms with Gasteiger partial charge < -0.3 is 15.0 Å². The van der Waals surface area contributed by atoms with E-state index in [0.29, 0.717) is 17.0 Å². The Bertz CT molecular complexity index is 650. The number of nitrogens with zero attached hydrogens (tertiary/aromatic N) is 1. The Labute approximate surface area is 129 Å². The summed E-state index contributed by atoms with van der Waals surface area (Å²) in [5, 5.41) is 3.12. The molecule has 22 heavy (non-hydrogen) atoms. The van der Waals surface area contributed by atoms with E-state index in [1.165, 1.54) is 0 Å². The summed E-state index contributed by atoms with van der Waals surface area (Å²) in [4.78, 5) is 19.3. The number of aromatic amines is 1. The molecule has 1 spiro atoms. The predicted octanol–water partition coefficient (Wildman–Crippen LogP) is 2.38. The molecule has 2 aromatic rings. The lowest BCUT2D eigenvalue weighted by Gasteiger charge is -2.44. The van der Waals surface area contributed by atoms with Crippen LogP contribution in [0, 0.1) is 5.41 Å². The molecule has 2 N–H and O–H groups in total. The second-order valence-electron chi connectivity index (χ2n) is 6.42. The fraction of sp³-hybridized carbons (Fsp3) is 0.412. The third kappa shape index (κ3) is 2.41. The topological polar surface area (TPSA) is 67.0 Å². The second-order valence-corrected chi connectivity index (χ2v) is 6.42. The van der Waals surface area contributed by atoms with Gasteiger partial charge >= 0.3 is 0 Å². The minimum Gasteiger partial charge on any atom is -0.381 e. The average molecular weight is 297 g/mol. The number of ether oxygens (including phenoxy) is 1. The van der Waals surface area contributed by atoms with Crippen LogP contribution in [0.5, 0.6) is 0 Å². The number of amides is 1. The number of imidazole rings is 1. The number of carbonyl (C=O) groups is 1. The average Bonchev–Trinajstić information content (AvgIpc) is 3.18. The molecular formula is C17H19N3O2. The van der Waals surface area contributed by atoms with Gasteiger partial charge in [-0.25, -0.2) is 4.98 Å². The van der Waals surface area contributed by atoms with E-state index in [1.54, 1.807) is 12.5 Å². The summed E-state index contributed by atoms with van der Waals surface area (Å²) in [6.45, 7) is 1.73. The molecule has 1 saturated carbocycles. The van der Waals surface area contributed by atoms with E-state index in [-0.39, 0.29) is 5.91 Å². The number of benzene rings is 1. The molecule has 2 heterocycles. The lowest BCUT2D eigenvalue weighted by molar-refractivity contribution is 0.0530.